The largest absolute Gasteiger partial charge is 0.491 e. The first-order valence-electron chi connectivity index (χ1n) is 19.8. The van der Waals surface area contributed by atoms with Crippen molar-refractivity contribution in [3.05, 3.63) is 70.3 Å². The van der Waals surface area contributed by atoms with Crippen molar-refractivity contribution in [2.24, 2.45) is 23.7 Å². The molecule has 1 aliphatic carbocycles. The molecule has 2 bridgehead atoms. The summed E-state index contributed by atoms with van der Waals surface area (Å²) in [5.41, 5.74) is 4.02. The maximum Gasteiger partial charge on any atom is 0.263 e. The normalized spacial score (nSPS) is 29.5. The number of nitrogens with zero attached hydrogens (tertiary/aromatic N) is 3. The van der Waals surface area contributed by atoms with Crippen molar-refractivity contribution in [2.45, 2.75) is 70.1 Å². The Morgan fingerprint density at radius 2 is 1.79 bits per heavy atom. The molecule has 4 aliphatic rings. The molecule has 2 aromatic carbocycles. The zero-order valence-corrected chi connectivity index (χ0v) is 34.0. The Labute approximate surface area is 325 Å². The van der Waals surface area contributed by atoms with E-state index in [0.29, 0.717) is 43.1 Å². The van der Waals surface area contributed by atoms with Crippen molar-refractivity contribution in [3.63, 3.8) is 0 Å². The van der Waals surface area contributed by atoms with Crippen LogP contribution in [0.1, 0.15) is 73.9 Å². The average Bonchev–Trinajstić information content (AvgIpc) is 3.32. The van der Waals surface area contributed by atoms with Gasteiger partial charge < -0.3 is 24.0 Å². The first-order valence-corrected chi connectivity index (χ1v) is 21.4. The highest BCUT2D eigenvalue weighted by Crippen LogP contribution is 2.44. The Bertz CT molecular complexity index is 1580. The van der Waals surface area contributed by atoms with E-state index >= 15 is 0 Å². The standard InChI is InChI=1S/C42H61ClN4O5S/c1-6-8-31-21-36(43)13-15-38(31)35-25-47-24-34-11-14-39(34)33(23-45-17-19-46(20-18-45)37(27-50-4)28-51-5)10-7-9-29(2)30(3)53(49)44-42(48)32-12-16-41(52-26-35)40(47)22-32/h7,10,12-13,15-16,21-22,29-30,33-35,37,39H,6,8-9,11,14,17-20,23-28H2,1-5H3,(H,44,48)/b10-7+. The fraction of sp³-hybridized carbons (Fsp3) is 0.643. The summed E-state index contributed by atoms with van der Waals surface area (Å²) in [4.78, 5) is 21.2. The van der Waals surface area contributed by atoms with Crippen molar-refractivity contribution in [1.29, 1.82) is 0 Å². The van der Waals surface area contributed by atoms with Crippen LogP contribution in [-0.4, -0.2) is 111 Å². The van der Waals surface area contributed by atoms with Crippen LogP contribution in [0.5, 0.6) is 5.75 Å². The van der Waals surface area contributed by atoms with Crippen LogP contribution in [0.15, 0.2) is 48.6 Å². The van der Waals surface area contributed by atoms with Crippen LogP contribution >= 0.6 is 11.6 Å². The van der Waals surface area contributed by atoms with Crippen LogP contribution in [0.2, 0.25) is 5.02 Å². The van der Waals surface area contributed by atoms with Gasteiger partial charge in [0.15, 0.2) is 0 Å². The van der Waals surface area contributed by atoms with E-state index in [9.17, 15) is 9.00 Å². The number of piperazine rings is 1. The number of methoxy groups -OCH3 is 2. The Morgan fingerprint density at radius 3 is 2.49 bits per heavy atom. The predicted octanol–water partition coefficient (Wildman–Crippen LogP) is 6.57. The Hall–Kier alpha value is -2.47. The van der Waals surface area contributed by atoms with E-state index < -0.39 is 11.0 Å². The van der Waals surface area contributed by atoms with Gasteiger partial charge in [-0.1, -0.05) is 50.1 Å². The van der Waals surface area contributed by atoms with Gasteiger partial charge in [-0.15, -0.1) is 0 Å². The fourth-order valence-corrected chi connectivity index (χ4v) is 10.0. The van der Waals surface area contributed by atoms with E-state index in [1.165, 1.54) is 24.0 Å². The highest BCUT2D eigenvalue weighted by atomic mass is 35.5. The lowest BCUT2D eigenvalue weighted by Crippen LogP contribution is -2.54. The molecule has 1 saturated carbocycles. The van der Waals surface area contributed by atoms with Gasteiger partial charge in [-0.05, 0) is 97.7 Å². The summed E-state index contributed by atoms with van der Waals surface area (Å²) in [5.74, 6) is 2.27. The fourth-order valence-electron chi connectivity index (χ4n) is 8.83. The van der Waals surface area contributed by atoms with Gasteiger partial charge in [-0.25, -0.2) is 4.21 Å². The summed E-state index contributed by atoms with van der Waals surface area (Å²) in [5, 5.41) is 0.573. The van der Waals surface area contributed by atoms with Crippen molar-refractivity contribution in [1.82, 2.24) is 14.5 Å². The van der Waals surface area contributed by atoms with Gasteiger partial charge in [0.25, 0.3) is 5.91 Å². The number of rotatable bonds is 10. The number of allylic oxidation sites excluding steroid dienone is 1. The summed E-state index contributed by atoms with van der Waals surface area (Å²) in [6.07, 6.45) is 10.0. The lowest BCUT2D eigenvalue weighted by molar-refractivity contribution is 0.00443. The summed E-state index contributed by atoms with van der Waals surface area (Å²) >= 11 is 6.50. The van der Waals surface area contributed by atoms with Gasteiger partial charge in [0.05, 0.1) is 36.8 Å². The molecule has 3 heterocycles. The molecular weight excluding hydrogens is 708 g/mol. The first-order chi connectivity index (χ1) is 25.7. The minimum Gasteiger partial charge on any atom is -0.491 e. The minimum absolute atomic E-state index is 0.143. The number of benzene rings is 2. The van der Waals surface area contributed by atoms with Crippen LogP contribution in [0, 0.1) is 23.7 Å². The Kier molecular flexibility index (Phi) is 14.3. The zero-order valence-electron chi connectivity index (χ0n) is 32.4. The molecular formula is C42H61ClN4O5S. The number of ether oxygens (including phenoxy) is 3. The summed E-state index contributed by atoms with van der Waals surface area (Å²) in [6.45, 7) is 15.0. The quantitative estimate of drug-likeness (QED) is 0.272. The molecule has 6 rings (SSSR count). The molecule has 1 amide bonds. The Morgan fingerprint density at radius 1 is 1.02 bits per heavy atom. The number of anilines is 1. The first kappa shape index (κ1) is 40.2. The van der Waals surface area contributed by atoms with Crippen LogP contribution in [0.25, 0.3) is 0 Å². The molecule has 7 unspecified atom stereocenters. The van der Waals surface area contributed by atoms with Crippen molar-refractivity contribution in [3.8, 4) is 5.75 Å². The van der Waals surface area contributed by atoms with Crippen LogP contribution in [0.3, 0.4) is 0 Å². The topological polar surface area (TPSA) is 83.6 Å². The minimum atomic E-state index is -1.52. The molecule has 9 nitrogen and oxygen atoms in total. The molecule has 3 aliphatic heterocycles. The van der Waals surface area contributed by atoms with E-state index in [2.05, 4.69) is 57.6 Å². The summed E-state index contributed by atoms with van der Waals surface area (Å²) < 4.78 is 33.9. The van der Waals surface area contributed by atoms with Crippen molar-refractivity contribution >= 4 is 34.2 Å². The third-order valence-electron chi connectivity index (χ3n) is 12.3. The van der Waals surface area contributed by atoms with E-state index in [1.54, 1.807) is 14.2 Å². The number of hydrogen-bond donors (Lipinski definition) is 1. The maximum atomic E-state index is 13.6. The molecule has 11 heteroatoms. The number of nitrogens with one attached hydrogen (secondary N) is 1. The van der Waals surface area contributed by atoms with Gasteiger partial charge in [-0.3, -0.25) is 14.4 Å². The van der Waals surface area contributed by atoms with Crippen molar-refractivity contribution < 1.29 is 23.2 Å². The maximum absolute atomic E-state index is 13.6. The monoisotopic (exact) mass is 768 g/mol. The zero-order chi connectivity index (χ0) is 37.5. The molecule has 1 saturated heterocycles. The van der Waals surface area contributed by atoms with Gasteiger partial charge in [0.2, 0.25) is 0 Å². The average molecular weight is 769 g/mol. The van der Waals surface area contributed by atoms with E-state index in [1.807, 2.05) is 31.2 Å². The molecule has 0 aromatic heterocycles. The van der Waals surface area contributed by atoms with Gasteiger partial charge >= 0.3 is 0 Å². The lowest BCUT2D eigenvalue weighted by Gasteiger charge is -2.46. The number of carbonyl (C=O) groups excluding carboxylic acids is 1. The smallest absolute Gasteiger partial charge is 0.263 e. The van der Waals surface area contributed by atoms with E-state index in [0.717, 1.165) is 81.5 Å². The molecule has 2 fully saturated rings. The van der Waals surface area contributed by atoms with Crippen LogP contribution in [0.4, 0.5) is 5.69 Å². The number of amides is 1. The predicted molar refractivity (Wildman–Crippen MR) is 216 cm³/mol. The molecule has 292 valence electrons. The van der Waals surface area contributed by atoms with Gasteiger partial charge in [0, 0.05) is 76.5 Å². The van der Waals surface area contributed by atoms with Gasteiger partial charge in [0.1, 0.15) is 16.7 Å². The van der Waals surface area contributed by atoms with Crippen LogP contribution < -0.4 is 14.4 Å². The number of hydrogen-bond acceptors (Lipinski definition) is 8. The molecule has 2 aromatic rings. The molecule has 1 N–H and O–H groups in total. The van der Waals surface area contributed by atoms with E-state index in [-0.39, 0.29) is 29.0 Å². The summed E-state index contributed by atoms with van der Waals surface area (Å²) in [7, 11) is 2.02. The molecule has 0 radical (unpaired) electrons. The second-order valence-electron chi connectivity index (χ2n) is 15.8. The SMILES string of the molecule is CCCc1cc(Cl)ccc1C1COc2ccc3cc2N(C1)CC1CCC1C(CN1CCN(C(COC)COC)CC1)/C=C/CC(C)C(C)S(=O)NC3=O. The van der Waals surface area contributed by atoms with Gasteiger partial charge in [-0.2, -0.15) is 0 Å². The molecule has 0 spiro atoms. The second kappa shape index (κ2) is 18.9. The van der Waals surface area contributed by atoms with Crippen LogP contribution in [-0.2, 0) is 26.9 Å². The number of aryl methyl sites for hydroxylation is 1. The lowest BCUT2D eigenvalue weighted by atomic mass is 9.66. The molecule has 7 atom stereocenters. The number of carbonyl (C=O) groups is 1. The molecule has 53 heavy (non-hydrogen) atoms. The highest BCUT2D eigenvalue weighted by Gasteiger charge is 2.40. The number of fused-ring (bicyclic) bond motifs is 2. The van der Waals surface area contributed by atoms with Crippen molar-refractivity contribution in [2.75, 3.05) is 84.8 Å². The van der Waals surface area contributed by atoms with E-state index in [4.69, 9.17) is 25.8 Å². The Balaban J connectivity index is 1.29. The number of halogens is 1. The highest BCUT2D eigenvalue weighted by molar-refractivity contribution is 7.84. The third kappa shape index (κ3) is 9.86. The summed E-state index contributed by atoms with van der Waals surface area (Å²) in [6, 6.07) is 12.3. The third-order valence-corrected chi connectivity index (χ3v) is 14.1. The second-order valence-corrected chi connectivity index (χ2v) is 17.8.